The number of imidazole rings is 1. The van der Waals surface area contributed by atoms with Gasteiger partial charge in [-0.25, -0.2) is 4.98 Å². The van der Waals surface area contributed by atoms with E-state index in [-0.39, 0.29) is 0 Å². The van der Waals surface area contributed by atoms with Crippen LogP contribution in [0.15, 0.2) is 41.0 Å². The Labute approximate surface area is 92.1 Å². The topological polar surface area (TPSA) is 67.8 Å². The number of H-pyrrole nitrogens is 1. The van der Waals surface area contributed by atoms with E-state index in [9.17, 15) is 0 Å². The van der Waals surface area contributed by atoms with E-state index in [4.69, 9.17) is 10.2 Å². The SMILES string of the molecule is NCc1cccc2[nH]c(-c3ccco3)nc12. The van der Waals surface area contributed by atoms with Crippen LogP contribution in [0.1, 0.15) is 5.56 Å². The zero-order valence-electron chi connectivity index (χ0n) is 8.60. The lowest BCUT2D eigenvalue weighted by molar-refractivity contribution is 0.578. The van der Waals surface area contributed by atoms with Crippen molar-refractivity contribution in [2.45, 2.75) is 6.54 Å². The van der Waals surface area contributed by atoms with E-state index >= 15 is 0 Å². The van der Waals surface area contributed by atoms with Gasteiger partial charge in [0.15, 0.2) is 11.6 Å². The lowest BCUT2D eigenvalue weighted by Crippen LogP contribution is -1.96. The van der Waals surface area contributed by atoms with Crippen LogP contribution in [0.4, 0.5) is 0 Å². The smallest absolute Gasteiger partial charge is 0.174 e. The van der Waals surface area contributed by atoms with Crippen LogP contribution in [0.5, 0.6) is 0 Å². The number of nitrogens with two attached hydrogens (primary N) is 1. The largest absolute Gasteiger partial charge is 0.461 e. The molecular weight excluding hydrogens is 202 g/mol. The van der Waals surface area contributed by atoms with Crippen molar-refractivity contribution in [3.8, 4) is 11.6 Å². The molecule has 1 aromatic carbocycles. The number of rotatable bonds is 2. The van der Waals surface area contributed by atoms with Gasteiger partial charge in [-0.3, -0.25) is 0 Å². The second kappa shape index (κ2) is 3.50. The summed E-state index contributed by atoms with van der Waals surface area (Å²) in [5, 5.41) is 0. The number of hydrogen-bond donors (Lipinski definition) is 2. The van der Waals surface area contributed by atoms with E-state index in [0.29, 0.717) is 6.54 Å². The Hall–Kier alpha value is -2.07. The maximum Gasteiger partial charge on any atom is 0.174 e. The number of hydrogen-bond acceptors (Lipinski definition) is 3. The molecule has 0 bridgehead atoms. The van der Waals surface area contributed by atoms with Crippen LogP contribution in [0.2, 0.25) is 0 Å². The number of nitrogens with one attached hydrogen (secondary N) is 1. The van der Waals surface area contributed by atoms with Crippen molar-refractivity contribution >= 4 is 11.0 Å². The molecule has 0 aliphatic heterocycles. The molecule has 0 fully saturated rings. The number of para-hydroxylation sites is 1. The molecular formula is C12H11N3O. The van der Waals surface area contributed by atoms with Crippen molar-refractivity contribution < 1.29 is 4.42 Å². The lowest BCUT2D eigenvalue weighted by atomic mass is 10.2. The van der Waals surface area contributed by atoms with Gasteiger partial charge in [0, 0.05) is 6.54 Å². The molecule has 0 saturated heterocycles. The molecule has 80 valence electrons. The highest BCUT2D eigenvalue weighted by Crippen LogP contribution is 2.22. The van der Waals surface area contributed by atoms with Crippen LogP contribution >= 0.6 is 0 Å². The summed E-state index contributed by atoms with van der Waals surface area (Å²) in [5.41, 5.74) is 8.59. The molecule has 3 aromatic rings. The number of benzene rings is 1. The Balaban J connectivity index is 2.23. The summed E-state index contributed by atoms with van der Waals surface area (Å²) in [6.07, 6.45) is 1.63. The average Bonchev–Trinajstić information content (AvgIpc) is 2.96. The van der Waals surface area contributed by atoms with Crippen molar-refractivity contribution in [1.29, 1.82) is 0 Å². The fraction of sp³-hybridized carbons (Fsp3) is 0.0833. The summed E-state index contributed by atoms with van der Waals surface area (Å²) in [6.45, 7) is 0.486. The fourth-order valence-corrected chi connectivity index (χ4v) is 1.79. The average molecular weight is 213 g/mol. The molecule has 4 heteroatoms. The first-order chi connectivity index (χ1) is 7.88. The standard InChI is InChI=1S/C12H11N3O/c13-7-8-3-1-4-9-11(8)15-12(14-9)10-5-2-6-16-10/h1-6H,7,13H2,(H,14,15). The summed E-state index contributed by atoms with van der Waals surface area (Å²) in [6, 6.07) is 9.64. The van der Waals surface area contributed by atoms with Gasteiger partial charge < -0.3 is 15.1 Å². The van der Waals surface area contributed by atoms with E-state index in [2.05, 4.69) is 9.97 Å². The van der Waals surface area contributed by atoms with E-state index in [0.717, 1.165) is 28.2 Å². The van der Waals surface area contributed by atoms with E-state index in [1.807, 2.05) is 30.3 Å². The third-order valence-corrected chi connectivity index (χ3v) is 2.57. The number of aromatic amines is 1. The number of furan rings is 1. The van der Waals surface area contributed by atoms with Crippen LogP contribution in [0.25, 0.3) is 22.6 Å². The molecule has 0 spiro atoms. The summed E-state index contributed by atoms with van der Waals surface area (Å²) in [5.74, 6) is 1.47. The molecule has 4 nitrogen and oxygen atoms in total. The van der Waals surface area contributed by atoms with Gasteiger partial charge in [0.05, 0.1) is 17.3 Å². The summed E-state index contributed by atoms with van der Waals surface area (Å²) >= 11 is 0. The zero-order chi connectivity index (χ0) is 11.0. The van der Waals surface area contributed by atoms with Crippen LogP contribution in [-0.4, -0.2) is 9.97 Å². The molecule has 0 aliphatic rings. The molecule has 16 heavy (non-hydrogen) atoms. The van der Waals surface area contributed by atoms with Crippen molar-refractivity contribution in [3.63, 3.8) is 0 Å². The molecule has 3 N–H and O–H groups in total. The van der Waals surface area contributed by atoms with Gasteiger partial charge in [-0.15, -0.1) is 0 Å². The molecule has 0 amide bonds. The normalized spacial score (nSPS) is 11.1. The highest BCUT2D eigenvalue weighted by atomic mass is 16.3. The summed E-state index contributed by atoms with van der Waals surface area (Å²) in [7, 11) is 0. The third kappa shape index (κ3) is 1.31. The van der Waals surface area contributed by atoms with Crippen molar-refractivity contribution in [2.75, 3.05) is 0 Å². The summed E-state index contributed by atoms with van der Waals surface area (Å²) in [4.78, 5) is 7.71. The Morgan fingerprint density at radius 2 is 2.19 bits per heavy atom. The van der Waals surface area contributed by atoms with Crippen LogP contribution < -0.4 is 5.73 Å². The molecule has 0 aliphatic carbocycles. The molecule has 2 heterocycles. The van der Waals surface area contributed by atoms with Crippen LogP contribution in [0.3, 0.4) is 0 Å². The predicted molar refractivity (Wildman–Crippen MR) is 61.7 cm³/mol. The van der Waals surface area contributed by atoms with Gasteiger partial charge in [-0.05, 0) is 23.8 Å². The second-order valence-electron chi connectivity index (χ2n) is 3.58. The molecule has 3 rings (SSSR count). The third-order valence-electron chi connectivity index (χ3n) is 2.57. The first kappa shape index (κ1) is 9.18. The minimum absolute atomic E-state index is 0.486. The monoisotopic (exact) mass is 213 g/mol. The first-order valence-electron chi connectivity index (χ1n) is 5.10. The molecule has 0 saturated carbocycles. The predicted octanol–water partition coefficient (Wildman–Crippen LogP) is 2.28. The molecule has 2 aromatic heterocycles. The minimum atomic E-state index is 0.486. The Morgan fingerprint density at radius 1 is 1.25 bits per heavy atom. The lowest BCUT2D eigenvalue weighted by Gasteiger charge is -1.95. The van der Waals surface area contributed by atoms with Crippen molar-refractivity contribution in [3.05, 3.63) is 42.2 Å². The maximum absolute atomic E-state index is 5.67. The van der Waals surface area contributed by atoms with Crippen LogP contribution in [-0.2, 0) is 6.54 Å². The van der Waals surface area contributed by atoms with E-state index in [1.165, 1.54) is 0 Å². The van der Waals surface area contributed by atoms with E-state index in [1.54, 1.807) is 6.26 Å². The zero-order valence-corrected chi connectivity index (χ0v) is 8.60. The highest BCUT2D eigenvalue weighted by molar-refractivity contribution is 5.81. The van der Waals surface area contributed by atoms with Gasteiger partial charge in [-0.1, -0.05) is 12.1 Å². The van der Waals surface area contributed by atoms with Crippen molar-refractivity contribution in [1.82, 2.24) is 9.97 Å². The van der Waals surface area contributed by atoms with Gasteiger partial charge in [0.2, 0.25) is 0 Å². The molecule has 0 unspecified atom stereocenters. The van der Waals surface area contributed by atoms with Crippen LogP contribution in [0, 0.1) is 0 Å². The number of nitrogens with zero attached hydrogens (tertiary/aromatic N) is 1. The highest BCUT2D eigenvalue weighted by Gasteiger charge is 2.09. The Kier molecular flexibility index (Phi) is 2.01. The fourth-order valence-electron chi connectivity index (χ4n) is 1.79. The van der Waals surface area contributed by atoms with Gasteiger partial charge >= 0.3 is 0 Å². The summed E-state index contributed by atoms with van der Waals surface area (Å²) < 4.78 is 5.30. The molecule has 0 radical (unpaired) electrons. The van der Waals surface area contributed by atoms with E-state index < -0.39 is 0 Å². The number of fused-ring (bicyclic) bond motifs is 1. The van der Waals surface area contributed by atoms with Gasteiger partial charge in [-0.2, -0.15) is 0 Å². The quantitative estimate of drug-likeness (QED) is 0.686. The van der Waals surface area contributed by atoms with Gasteiger partial charge in [0.25, 0.3) is 0 Å². The minimum Gasteiger partial charge on any atom is -0.461 e. The van der Waals surface area contributed by atoms with Gasteiger partial charge in [0.1, 0.15) is 0 Å². The maximum atomic E-state index is 5.67. The van der Waals surface area contributed by atoms with Crippen molar-refractivity contribution in [2.24, 2.45) is 5.73 Å². The first-order valence-corrected chi connectivity index (χ1v) is 5.10. The molecule has 0 atom stereocenters. The number of aromatic nitrogens is 2. The second-order valence-corrected chi connectivity index (χ2v) is 3.58. The Morgan fingerprint density at radius 3 is 2.94 bits per heavy atom. The Bertz CT molecular complexity index is 610.